The first kappa shape index (κ1) is 14.0. The van der Waals surface area contributed by atoms with Crippen LogP contribution in [0.2, 0.25) is 0 Å². The molecule has 4 nitrogen and oxygen atoms in total. The molecule has 0 amide bonds. The number of rotatable bonds is 4. The summed E-state index contributed by atoms with van der Waals surface area (Å²) in [5.74, 6) is -2.22. The molecule has 17 heavy (non-hydrogen) atoms. The summed E-state index contributed by atoms with van der Waals surface area (Å²) in [6, 6.07) is 2.36. The van der Waals surface area contributed by atoms with Gasteiger partial charge in [-0.15, -0.1) is 0 Å². The minimum absolute atomic E-state index is 0.0613. The predicted octanol–water partition coefficient (Wildman–Crippen LogP) is 0.932. The van der Waals surface area contributed by atoms with Gasteiger partial charge in [0.2, 0.25) is 10.0 Å². The average molecular weight is 264 g/mol. The van der Waals surface area contributed by atoms with Crippen molar-refractivity contribution in [2.24, 2.45) is 5.73 Å². The van der Waals surface area contributed by atoms with Gasteiger partial charge in [-0.3, -0.25) is 0 Å². The minimum atomic E-state index is -4.21. The van der Waals surface area contributed by atoms with Gasteiger partial charge in [-0.2, -0.15) is 4.31 Å². The van der Waals surface area contributed by atoms with E-state index in [1.54, 1.807) is 6.92 Å². The number of nitrogens with zero attached hydrogens (tertiary/aromatic N) is 1. The van der Waals surface area contributed by atoms with Gasteiger partial charge in [0, 0.05) is 19.6 Å². The quantitative estimate of drug-likeness (QED) is 0.880. The molecular formula is C10H14F2N2O2S. The molecule has 0 aliphatic heterocycles. The molecule has 0 aliphatic rings. The summed E-state index contributed by atoms with van der Waals surface area (Å²) in [6.07, 6.45) is 0. The molecule has 1 unspecified atom stereocenters. The van der Waals surface area contributed by atoms with Gasteiger partial charge in [-0.05, 0) is 19.1 Å². The summed E-state index contributed by atoms with van der Waals surface area (Å²) in [6.45, 7) is 1.61. The van der Waals surface area contributed by atoms with Crippen molar-refractivity contribution in [3.8, 4) is 0 Å². The van der Waals surface area contributed by atoms with Gasteiger partial charge in [0.15, 0.2) is 4.90 Å². The molecule has 1 rings (SSSR count). The van der Waals surface area contributed by atoms with E-state index >= 15 is 0 Å². The second-order valence-electron chi connectivity index (χ2n) is 3.66. The van der Waals surface area contributed by atoms with Crippen LogP contribution in [0.15, 0.2) is 23.1 Å². The summed E-state index contributed by atoms with van der Waals surface area (Å²) in [7, 11) is -2.97. The van der Waals surface area contributed by atoms with Crippen LogP contribution in [0, 0.1) is 11.6 Å². The van der Waals surface area contributed by atoms with Crippen molar-refractivity contribution in [1.29, 1.82) is 0 Å². The van der Waals surface area contributed by atoms with Crippen LogP contribution < -0.4 is 5.73 Å². The number of likely N-dealkylation sites (N-methyl/N-ethyl adjacent to an activating group) is 1. The van der Waals surface area contributed by atoms with Gasteiger partial charge in [0.1, 0.15) is 11.6 Å². The number of benzene rings is 1. The zero-order valence-electron chi connectivity index (χ0n) is 9.52. The second-order valence-corrected chi connectivity index (χ2v) is 5.59. The lowest BCUT2D eigenvalue weighted by Crippen LogP contribution is -2.40. The third kappa shape index (κ3) is 2.62. The summed E-state index contributed by atoms with van der Waals surface area (Å²) in [5.41, 5.74) is 5.33. The summed E-state index contributed by atoms with van der Waals surface area (Å²) < 4.78 is 51.6. The summed E-state index contributed by atoms with van der Waals surface area (Å²) >= 11 is 0. The minimum Gasteiger partial charge on any atom is -0.329 e. The highest BCUT2D eigenvalue weighted by Gasteiger charge is 2.30. The van der Waals surface area contributed by atoms with E-state index in [0.717, 1.165) is 22.5 Å². The molecule has 1 aromatic rings. The van der Waals surface area contributed by atoms with Crippen LogP contribution in [-0.4, -0.2) is 32.4 Å². The lowest BCUT2D eigenvalue weighted by molar-refractivity contribution is 0.387. The number of hydrogen-bond acceptors (Lipinski definition) is 3. The van der Waals surface area contributed by atoms with E-state index in [1.165, 1.54) is 7.05 Å². The molecule has 0 aromatic heterocycles. The van der Waals surface area contributed by atoms with Crippen LogP contribution in [0.4, 0.5) is 8.78 Å². The first-order chi connectivity index (χ1) is 7.82. The number of hydrogen-bond donors (Lipinski definition) is 1. The molecule has 0 fully saturated rings. The molecule has 0 radical (unpaired) electrons. The van der Waals surface area contributed by atoms with E-state index in [1.807, 2.05) is 0 Å². The molecular weight excluding hydrogens is 250 g/mol. The molecule has 1 aromatic carbocycles. The first-order valence-corrected chi connectivity index (χ1v) is 6.38. The van der Waals surface area contributed by atoms with Crippen LogP contribution in [0.1, 0.15) is 6.92 Å². The fraction of sp³-hybridized carbons (Fsp3) is 0.400. The molecule has 2 N–H and O–H groups in total. The lowest BCUT2D eigenvalue weighted by atomic mass is 10.3. The highest BCUT2D eigenvalue weighted by Crippen LogP contribution is 2.22. The van der Waals surface area contributed by atoms with Crippen molar-refractivity contribution in [3.05, 3.63) is 29.8 Å². The van der Waals surface area contributed by atoms with Crippen LogP contribution in [0.25, 0.3) is 0 Å². The highest BCUT2D eigenvalue weighted by molar-refractivity contribution is 7.89. The third-order valence-corrected chi connectivity index (χ3v) is 4.54. The first-order valence-electron chi connectivity index (χ1n) is 4.94. The van der Waals surface area contributed by atoms with Crippen molar-refractivity contribution >= 4 is 10.0 Å². The van der Waals surface area contributed by atoms with Crippen molar-refractivity contribution < 1.29 is 17.2 Å². The van der Waals surface area contributed by atoms with E-state index in [0.29, 0.717) is 0 Å². The Balaban J connectivity index is 3.32. The maximum atomic E-state index is 13.4. The topological polar surface area (TPSA) is 63.4 Å². The van der Waals surface area contributed by atoms with Gasteiger partial charge >= 0.3 is 0 Å². The van der Waals surface area contributed by atoms with E-state index in [9.17, 15) is 17.2 Å². The van der Waals surface area contributed by atoms with Gasteiger partial charge < -0.3 is 5.73 Å². The second kappa shape index (κ2) is 5.07. The highest BCUT2D eigenvalue weighted by atomic mass is 32.2. The molecule has 0 saturated carbocycles. The van der Waals surface area contributed by atoms with E-state index in [4.69, 9.17) is 5.73 Å². The zero-order valence-corrected chi connectivity index (χ0v) is 10.3. The molecule has 1 atom stereocenters. The van der Waals surface area contributed by atoms with Crippen LogP contribution in [0.5, 0.6) is 0 Å². The number of sulfonamides is 1. The van der Waals surface area contributed by atoms with Crippen molar-refractivity contribution in [2.75, 3.05) is 13.6 Å². The number of halogens is 2. The number of nitrogens with two attached hydrogens (primary N) is 1. The van der Waals surface area contributed by atoms with E-state index in [2.05, 4.69) is 0 Å². The maximum Gasteiger partial charge on any atom is 0.248 e. The van der Waals surface area contributed by atoms with Crippen molar-refractivity contribution in [3.63, 3.8) is 0 Å². The molecule has 0 saturated heterocycles. The average Bonchev–Trinajstić information content (AvgIpc) is 2.26. The maximum absolute atomic E-state index is 13.4. The lowest BCUT2D eigenvalue weighted by Gasteiger charge is -2.23. The van der Waals surface area contributed by atoms with Crippen LogP contribution in [-0.2, 0) is 10.0 Å². The molecule has 7 heteroatoms. The van der Waals surface area contributed by atoms with E-state index < -0.39 is 32.6 Å². The largest absolute Gasteiger partial charge is 0.329 e. The van der Waals surface area contributed by atoms with Gasteiger partial charge in [-0.25, -0.2) is 17.2 Å². The normalized spacial score (nSPS) is 14.0. The fourth-order valence-corrected chi connectivity index (χ4v) is 2.74. The van der Waals surface area contributed by atoms with E-state index in [-0.39, 0.29) is 6.54 Å². The Bertz CT molecular complexity index is 485. The monoisotopic (exact) mass is 264 g/mol. The summed E-state index contributed by atoms with van der Waals surface area (Å²) in [4.78, 5) is -0.942. The fourth-order valence-electron chi connectivity index (χ4n) is 1.26. The molecule has 0 heterocycles. The smallest absolute Gasteiger partial charge is 0.248 e. The molecule has 0 aliphatic carbocycles. The zero-order chi connectivity index (χ0) is 13.2. The summed E-state index contributed by atoms with van der Waals surface area (Å²) in [5, 5.41) is 0. The molecule has 0 bridgehead atoms. The Hall–Kier alpha value is -1.05. The van der Waals surface area contributed by atoms with Crippen LogP contribution in [0.3, 0.4) is 0 Å². The Morgan fingerprint density at radius 3 is 2.24 bits per heavy atom. The van der Waals surface area contributed by atoms with Gasteiger partial charge in [0.25, 0.3) is 0 Å². The molecule has 96 valence electrons. The Labute approximate surface area is 99.1 Å². The van der Waals surface area contributed by atoms with Crippen molar-refractivity contribution in [2.45, 2.75) is 17.9 Å². The standard InChI is InChI=1S/C10H14F2N2O2S/c1-7(6-13)14(2)17(15,16)10-8(11)4-3-5-9(10)12/h3-5,7H,6,13H2,1-2H3. The predicted molar refractivity (Wildman–Crippen MR) is 59.8 cm³/mol. The van der Waals surface area contributed by atoms with Crippen LogP contribution >= 0.6 is 0 Å². The Morgan fingerprint density at radius 2 is 1.82 bits per heavy atom. The SMILES string of the molecule is CC(CN)N(C)S(=O)(=O)c1c(F)cccc1F. The van der Waals surface area contributed by atoms with Gasteiger partial charge in [0.05, 0.1) is 0 Å². The Morgan fingerprint density at radius 1 is 1.35 bits per heavy atom. The third-order valence-electron chi connectivity index (χ3n) is 2.52. The van der Waals surface area contributed by atoms with Crippen molar-refractivity contribution in [1.82, 2.24) is 4.31 Å². The molecule has 0 spiro atoms. The van der Waals surface area contributed by atoms with Gasteiger partial charge in [-0.1, -0.05) is 6.07 Å². The Kier molecular flexibility index (Phi) is 4.18.